The van der Waals surface area contributed by atoms with Gasteiger partial charge in [-0.2, -0.15) is 32.3 Å². The Hall–Kier alpha value is -4.07. The quantitative estimate of drug-likeness (QED) is 0.354. The standard InChI is InChI=1S/C20H12F5N5O/c21-19(22,20(23,24)25)14-8-4-5-12(9-14)11-27-30-18-28-16(13-6-2-1-3-7-13)15(10-26)17(31)29-18/h1-9,11H,(H2,28,29,30,31). The van der Waals surface area contributed by atoms with Crippen LogP contribution in [0.15, 0.2) is 64.5 Å². The van der Waals surface area contributed by atoms with Crippen LogP contribution in [-0.4, -0.2) is 22.4 Å². The number of hydrazone groups is 1. The van der Waals surface area contributed by atoms with Crippen molar-refractivity contribution in [2.24, 2.45) is 5.10 Å². The number of hydrogen-bond acceptors (Lipinski definition) is 5. The molecule has 0 aliphatic carbocycles. The molecule has 0 amide bonds. The van der Waals surface area contributed by atoms with Crippen LogP contribution in [-0.2, 0) is 5.92 Å². The summed E-state index contributed by atoms with van der Waals surface area (Å²) in [5, 5.41) is 12.9. The summed E-state index contributed by atoms with van der Waals surface area (Å²) in [6, 6.07) is 13.8. The highest BCUT2D eigenvalue weighted by Crippen LogP contribution is 2.43. The molecule has 3 aromatic rings. The first kappa shape index (κ1) is 21.6. The molecule has 0 bridgehead atoms. The summed E-state index contributed by atoms with van der Waals surface area (Å²) >= 11 is 0. The van der Waals surface area contributed by atoms with Crippen molar-refractivity contribution in [1.82, 2.24) is 9.97 Å². The maximum absolute atomic E-state index is 13.5. The Bertz CT molecular complexity index is 1210. The molecule has 0 aliphatic rings. The molecule has 6 nitrogen and oxygen atoms in total. The van der Waals surface area contributed by atoms with E-state index in [9.17, 15) is 32.0 Å². The number of hydrogen-bond donors (Lipinski definition) is 2. The lowest BCUT2D eigenvalue weighted by atomic mass is 10.1. The number of anilines is 1. The topological polar surface area (TPSA) is 93.9 Å². The van der Waals surface area contributed by atoms with E-state index in [0.717, 1.165) is 12.3 Å². The van der Waals surface area contributed by atoms with Crippen molar-refractivity contribution in [3.05, 3.63) is 81.6 Å². The maximum atomic E-state index is 13.5. The van der Waals surface area contributed by atoms with Crippen LogP contribution in [0, 0.1) is 11.3 Å². The Balaban J connectivity index is 1.87. The number of aromatic amines is 1. The van der Waals surface area contributed by atoms with Crippen molar-refractivity contribution in [2.75, 3.05) is 5.43 Å². The SMILES string of the molecule is N#Cc1c(-c2ccccc2)nc(NN=Cc2cccc(C(F)(F)C(F)(F)F)c2)[nH]c1=O. The second kappa shape index (κ2) is 8.35. The lowest BCUT2D eigenvalue weighted by Crippen LogP contribution is -2.33. The molecule has 2 aromatic carbocycles. The van der Waals surface area contributed by atoms with Gasteiger partial charge >= 0.3 is 12.1 Å². The average molecular weight is 433 g/mol. The van der Waals surface area contributed by atoms with Crippen LogP contribution < -0.4 is 11.0 Å². The minimum Gasteiger partial charge on any atom is -0.290 e. The molecule has 3 rings (SSSR count). The molecule has 0 aliphatic heterocycles. The van der Waals surface area contributed by atoms with Crippen LogP contribution >= 0.6 is 0 Å². The molecule has 2 N–H and O–H groups in total. The van der Waals surface area contributed by atoms with Gasteiger partial charge in [-0.05, 0) is 11.6 Å². The number of H-pyrrole nitrogens is 1. The minimum atomic E-state index is -5.74. The van der Waals surface area contributed by atoms with E-state index in [4.69, 9.17) is 0 Å². The third kappa shape index (κ3) is 4.58. The van der Waals surface area contributed by atoms with Gasteiger partial charge in [0, 0.05) is 11.1 Å². The number of nitrogens with zero attached hydrogens (tertiary/aromatic N) is 3. The van der Waals surface area contributed by atoms with E-state index >= 15 is 0 Å². The number of halogens is 5. The fourth-order valence-corrected chi connectivity index (χ4v) is 2.58. The Morgan fingerprint density at radius 3 is 2.42 bits per heavy atom. The van der Waals surface area contributed by atoms with Gasteiger partial charge in [-0.1, -0.05) is 48.5 Å². The molecule has 31 heavy (non-hydrogen) atoms. The van der Waals surface area contributed by atoms with Crippen LogP contribution in [0.25, 0.3) is 11.3 Å². The van der Waals surface area contributed by atoms with Gasteiger partial charge in [-0.15, -0.1) is 0 Å². The predicted molar refractivity (Wildman–Crippen MR) is 103 cm³/mol. The number of aromatic nitrogens is 2. The first-order valence-electron chi connectivity index (χ1n) is 8.57. The third-order valence-electron chi connectivity index (χ3n) is 4.07. The summed E-state index contributed by atoms with van der Waals surface area (Å²) in [6.45, 7) is 0. The van der Waals surface area contributed by atoms with E-state index in [1.807, 2.05) is 0 Å². The molecular weight excluding hydrogens is 421 g/mol. The van der Waals surface area contributed by atoms with Crippen molar-refractivity contribution in [2.45, 2.75) is 12.1 Å². The van der Waals surface area contributed by atoms with Gasteiger partial charge in [-0.3, -0.25) is 9.78 Å². The van der Waals surface area contributed by atoms with E-state index in [1.165, 1.54) is 6.07 Å². The Morgan fingerprint density at radius 2 is 1.77 bits per heavy atom. The fraction of sp³-hybridized carbons (Fsp3) is 0.100. The summed E-state index contributed by atoms with van der Waals surface area (Å²) < 4.78 is 64.6. The fourth-order valence-electron chi connectivity index (χ4n) is 2.58. The molecule has 11 heteroatoms. The smallest absolute Gasteiger partial charge is 0.290 e. The van der Waals surface area contributed by atoms with Gasteiger partial charge in [0.25, 0.3) is 5.56 Å². The van der Waals surface area contributed by atoms with Crippen LogP contribution in [0.5, 0.6) is 0 Å². The van der Waals surface area contributed by atoms with Crippen LogP contribution in [0.2, 0.25) is 0 Å². The normalized spacial score (nSPS) is 12.0. The molecule has 0 unspecified atom stereocenters. The predicted octanol–water partition coefficient (Wildman–Crippen LogP) is 4.41. The van der Waals surface area contributed by atoms with Gasteiger partial charge in [-0.25, -0.2) is 10.4 Å². The third-order valence-corrected chi connectivity index (χ3v) is 4.07. The monoisotopic (exact) mass is 433 g/mol. The number of alkyl halides is 5. The molecule has 0 atom stereocenters. The van der Waals surface area contributed by atoms with Gasteiger partial charge < -0.3 is 0 Å². The van der Waals surface area contributed by atoms with Gasteiger partial charge in [0.05, 0.1) is 11.9 Å². The molecule has 1 aromatic heterocycles. The summed E-state index contributed by atoms with van der Waals surface area (Å²) in [6.07, 6.45) is -4.75. The Labute approximate surface area is 171 Å². The highest BCUT2D eigenvalue weighted by molar-refractivity contribution is 5.80. The summed E-state index contributed by atoms with van der Waals surface area (Å²) in [4.78, 5) is 18.6. The Kier molecular flexibility index (Phi) is 5.83. The highest BCUT2D eigenvalue weighted by Gasteiger charge is 2.58. The zero-order valence-electron chi connectivity index (χ0n) is 15.4. The van der Waals surface area contributed by atoms with Crippen molar-refractivity contribution in [3.8, 4) is 17.3 Å². The lowest BCUT2D eigenvalue weighted by molar-refractivity contribution is -0.289. The first-order chi connectivity index (χ1) is 14.6. The van der Waals surface area contributed by atoms with Gasteiger partial charge in [0.1, 0.15) is 11.6 Å². The molecule has 0 saturated carbocycles. The highest BCUT2D eigenvalue weighted by atomic mass is 19.4. The van der Waals surface area contributed by atoms with Crippen molar-refractivity contribution < 1.29 is 22.0 Å². The summed E-state index contributed by atoms with van der Waals surface area (Å²) in [5.74, 6) is -5.18. The van der Waals surface area contributed by atoms with Crippen molar-refractivity contribution in [1.29, 1.82) is 5.26 Å². The Morgan fingerprint density at radius 1 is 1.06 bits per heavy atom. The zero-order valence-corrected chi connectivity index (χ0v) is 15.4. The van der Waals surface area contributed by atoms with E-state index < -0.39 is 23.2 Å². The lowest BCUT2D eigenvalue weighted by Gasteiger charge is -2.19. The molecular formula is C20H12F5N5O. The van der Waals surface area contributed by atoms with Crippen molar-refractivity contribution >= 4 is 12.2 Å². The molecule has 0 spiro atoms. The number of benzene rings is 2. The van der Waals surface area contributed by atoms with E-state index in [0.29, 0.717) is 17.7 Å². The number of rotatable bonds is 5. The van der Waals surface area contributed by atoms with Crippen LogP contribution in [0.3, 0.4) is 0 Å². The summed E-state index contributed by atoms with van der Waals surface area (Å²) in [7, 11) is 0. The average Bonchev–Trinajstić information content (AvgIpc) is 2.73. The number of nitrogens with one attached hydrogen (secondary N) is 2. The first-order valence-corrected chi connectivity index (χ1v) is 8.57. The maximum Gasteiger partial charge on any atom is 0.458 e. The largest absolute Gasteiger partial charge is 0.458 e. The van der Waals surface area contributed by atoms with Crippen LogP contribution in [0.1, 0.15) is 16.7 Å². The second-order valence-electron chi connectivity index (χ2n) is 6.18. The van der Waals surface area contributed by atoms with Crippen molar-refractivity contribution in [3.63, 3.8) is 0 Å². The van der Waals surface area contributed by atoms with Crippen LogP contribution in [0.4, 0.5) is 27.9 Å². The van der Waals surface area contributed by atoms with Gasteiger partial charge in [0.15, 0.2) is 0 Å². The van der Waals surface area contributed by atoms with Gasteiger partial charge in [0.2, 0.25) is 5.95 Å². The minimum absolute atomic E-state index is 0.0480. The summed E-state index contributed by atoms with van der Waals surface area (Å²) in [5.41, 5.74) is 0.722. The van der Waals surface area contributed by atoms with E-state index in [-0.39, 0.29) is 22.8 Å². The zero-order chi connectivity index (χ0) is 22.6. The second-order valence-corrected chi connectivity index (χ2v) is 6.18. The van der Waals surface area contributed by atoms with E-state index in [1.54, 1.807) is 36.4 Å². The van der Waals surface area contributed by atoms with E-state index in [2.05, 4.69) is 20.5 Å². The number of nitriles is 1. The molecule has 0 saturated heterocycles. The molecule has 0 fully saturated rings. The molecule has 1 heterocycles. The molecule has 0 radical (unpaired) electrons. The molecule has 158 valence electrons.